The molecule has 0 amide bonds. The zero-order chi connectivity index (χ0) is 15.7. The third-order valence-corrected chi connectivity index (χ3v) is 3.23. The molecular weight excluding hydrogens is 270 g/mol. The van der Waals surface area contributed by atoms with Gasteiger partial charge in [-0.1, -0.05) is 33.8 Å². The summed E-state index contributed by atoms with van der Waals surface area (Å²) in [5, 5.41) is 0. The van der Waals surface area contributed by atoms with Crippen molar-refractivity contribution in [3.05, 3.63) is 34.6 Å². The van der Waals surface area contributed by atoms with Crippen molar-refractivity contribution < 1.29 is 17.6 Å². The fourth-order valence-corrected chi connectivity index (χ4v) is 2.04. The molecule has 0 bridgehead atoms. The highest BCUT2D eigenvalue weighted by Gasteiger charge is 2.37. The van der Waals surface area contributed by atoms with Gasteiger partial charge in [-0.3, -0.25) is 0 Å². The molecule has 1 nitrogen and oxygen atoms in total. The maximum absolute atomic E-state index is 14.1. The summed E-state index contributed by atoms with van der Waals surface area (Å²) in [5.74, 6) is -1.12. The van der Waals surface area contributed by atoms with Gasteiger partial charge in [-0.05, 0) is 41.5 Å². The van der Waals surface area contributed by atoms with E-state index >= 15 is 0 Å². The fraction of sp³-hybridized carbons (Fsp3) is 0.600. The van der Waals surface area contributed by atoms with Gasteiger partial charge in [-0.25, -0.2) is 4.39 Å². The SMILES string of the molecule is CC(CN)Cc1cc(C(C)(C)C)c(F)c(C(F)(F)F)c1. The van der Waals surface area contributed by atoms with Gasteiger partial charge in [0.05, 0.1) is 5.56 Å². The van der Waals surface area contributed by atoms with E-state index in [9.17, 15) is 17.6 Å². The number of benzene rings is 1. The van der Waals surface area contributed by atoms with Gasteiger partial charge in [0.15, 0.2) is 0 Å². The van der Waals surface area contributed by atoms with E-state index in [-0.39, 0.29) is 11.5 Å². The highest BCUT2D eigenvalue weighted by atomic mass is 19.4. The van der Waals surface area contributed by atoms with E-state index in [1.165, 1.54) is 6.07 Å². The second-order valence-electron chi connectivity index (χ2n) is 6.30. The number of halogens is 4. The van der Waals surface area contributed by atoms with Gasteiger partial charge in [-0.15, -0.1) is 0 Å². The first kappa shape index (κ1) is 17.0. The van der Waals surface area contributed by atoms with E-state index in [1.54, 1.807) is 20.8 Å². The molecule has 0 saturated carbocycles. The van der Waals surface area contributed by atoms with Crippen LogP contribution in [0.3, 0.4) is 0 Å². The Morgan fingerprint density at radius 3 is 2.00 bits per heavy atom. The normalized spacial score (nSPS) is 14.4. The van der Waals surface area contributed by atoms with Crippen molar-refractivity contribution in [2.45, 2.75) is 45.7 Å². The van der Waals surface area contributed by atoms with Gasteiger partial charge in [0.2, 0.25) is 0 Å². The van der Waals surface area contributed by atoms with Crippen molar-refractivity contribution in [3.63, 3.8) is 0 Å². The quantitative estimate of drug-likeness (QED) is 0.826. The molecule has 0 aliphatic rings. The summed E-state index contributed by atoms with van der Waals surface area (Å²) in [5.41, 5.74) is 4.19. The summed E-state index contributed by atoms with van der Waals surface area (Å²) in [6.07, 6.45) is -4.28. The molecule has 0 saturated heterocycles. The largest absolute Gasteiger partial charge is 0.419 e. The molecule has 1 aromatic rings. The van der Waals surface area contributed by atoms with Crippen LogP contribution < -0.4 is 5.73 Å². The summed E-state index contributed by atoms with van der Waals surface area (Å²) in [4.78, 5) is 0. The molecule has 1 unspecified atom stereocenters. The molecule has 5 heteroatoms. The van der Waals surface area contributed by atoms with Crippen molar-refractivity contribution in [2.24, 2.45) is 11.7 Å². The van der Waals surface area contributed by atoms with Crippen molar-refractivity contribution in [3.8, 4) is 0 Å². The summed E-state index contributed by atoms with van der Waals surface area (Å²) in [6, 6.07) is 2.42. The molecule has 0 radical (unpaired) electrons. The Morgan fingerprint density at radius 2 is 1.60 bits per heavy atom. The Bertz CT molecular complexity index is 437. The maximum Gasteiger partial charge on any atom is 0.419 e. The molecular formula is C15H21F4N. The standard InChI is InChI=1S/C15H21F4N/c1-9(8-20)5-10-6-11(14(2,3)4)13(16)12(7-10)15(17,18)19/h6-7,9H,5,8,20H2,1-4H3. The van der Waals surface area contributed by atoms with Gasteiger partial charge in [0.1, 0.15) is 5.82 Å². The van der Waals surface area contributed by atoms with Gasteiger partial charge in [0.25, 0.3) is 0 Å². The summed E-state index contributed by atoms with van der Waals surface area (Å²) in [6.45, 7) is 7.32. The van der Waals surface area contributed by atoms with Crippen LogP contribution in [0, 0.1) is 11.7 Å². The first-order chi connectivity index (χ1) is 8.96. The Hall–Kier alpha value is -1.10. The van der Waals surface area contributed by atoms with Crippen LogP contribution >= 0.6 is 0 Å². The smallest absolute Gasteiger partial charge is 0.330 e. The first-order valence-electron chi connectivity index (χ1n) is 6.57. The summed E-state index contributed by atoms with van der Waals surface area (Å²) >= 11 is 0. The van der Waals surface area contributed by atoms with Crippen molar-refractivity contribution in [2.75, 3.05) is 6.54 Å². The fourth-order valence-electron chi connectivity index (χ4n) is 2.04. The van der Waals surface area contributed by atoms with E-state index in [0.29, 0.717) is 18.5 Å². The highest BCUT2D eigenvalue weighted by Crippen LogP contribution is 2.37. The molecule has 114 valence electrons. The summed E-state index contributed by atoms with van der Waals surface area (Å²) < 4.78 is 53.0. The zero-order valence-electron chi connectivity index (χ0n) is 12.2. The lowest BCUT2D eigenvalue weighted by Crippen LogP contribution is -2.20. The third kappa shape index (κ3) is 3.95. The lowest BCUT2D eigenvalue weighted by atomic mass is 9.83. The first-order valence-corrected chi connectivity index (χ1v) is 6.57. The number of hydrogen-bond donors (Lipinski definition) is 1. The van der Waals surface area contributed by atoms with Gasteiger partial charge in [0, 0.05) is 0 Å². The molecule has 0 aromatic heterocycles. The number of hydrogen-bond acceptors (Lipinski definition) is 1. The Balaban J connectivity index is 3.42. The van der Waals surface area contributed by atoms with Crippen LogP contribution in [0.1, 0.15) is 44.4 Å². The number of rotatable bonds is 3. The zero-order valence-corrected chi connectivity index (χ0v) is 12.2. The number of alkyl halides is 3. The molecule has 0 heterocycles. The van der Waals surface area contributed by atoms with E-state index in [4.69, 9.17) is 5.73 Å². The average molecular weight is 291 g/mol. The second-order valence-corrected chi connectivity index (χ2v) is 6.30. The lowest BCUT2D eigenvalue weighted by molar-refractivity contribution is -0.140. The summed E-state index contributed by atoms with van der Waals surface area (Å²) in [7, 11) is 0. The minimum absolute atomic E-state index is 0.0503. The van der Waals surface area contributed by atoms with E-state index in [2.05, 4.69) is 0 Å². The third-order valence-electron chi connectivity index (χ3n) is 3.23. The van der Waals surface area contributed by atoms with Gasteiger partial charge >= 0.3 is 6.18 Å². The van der Waals surface area contributed by atoms with E-state index in [1.807, 2.05) is 6.92 Å². The molecule has 0 spiro atoms. The topological polar surface area (TPSA) is 26.0 Å². The van der Waals surface area contributed by atoms with E-state index in [0.717, 1.165) is 6.07 Å². The van der Waals surface area contributed by atoms with Crippen molar-refractivity contribution in [1.82, 2.24) is 0 Å². The highest BCUT2D eigenvalue weighted by molar-refractivity contribution is 5.37. The molecule has 20 heavy (non-hydrogen) atoms. The molecule has 2 N–H and O–H groups in total. The van der Waals surface area contributed by atoms with Crippen LogP contribution in [0.5, 0.6) is 0 Å². The number of nitrogens with two attached hydrogens (primary N) is 1. The Labute approximate surface area is 117 Å². The molecule has 1 aromatic carbocycles. The van der Waals surface area contributed by atoms with Gasteiger partial charge < -0.3 is 5.73 Å². The minimum atomic E-state index is -4.69. The molecule has 1 rings (SSSR count). The van der Waals surface area contributed by atoms with Crippen LogP contribution in [-0.2, 0) is 18.0 Å². The second kappa shape index (κ2) is 5.72. The van der Waals surface area contributed by atoms with Crippen LogP contribution in [-0.4, -0.2) is 6.54 Å². The molecule has 0 aliphatic carbocycles. The van der Waals surface area contributed by atoms with Gasteiger partial charge in [-0.2, -0.15) is 13.2 Å². The monoisotopic (exact) mass is 291 g/mol. The van der Waals surface area contributed by atoms with E-state index < -0.39 is 23.0 Å². The van der Waals surface area contributed by atoms with Crippen LogP contribution in [0.2, 0.25) is 0 Å². The predicted molar refractivity (Wildman–Crippen MR) is 72.0 cm³/mol. The maximum atomic E-state index is 14.1. The molecule has 0 aliphatic heterocycles. The minimum Gasteiger partial charge on any atom is -0.330 e. The Morgan fingerprint density at radius 1 is 1.10 bits per heavy atom. The van der Waals surface area contributed by atoms with Crippen LogP contribution in [0.4, 0.5) is 17.6 Å². The molecule has 1 atom stereocenters. The van der Waals surface area contributed by atoms with Crippen LogP contribution in [0.25, 0.3) is 0 Å². The van der Waals surface area contributed by atoms with Crippen molar-refractivity contribution in [1.29, 1.82) is 0 Å². The van der Waals surface area contributed by atoms with Crippen molar-refractivity contribution >= 4 is 0 Å². The molecule has 0 fully saturated rings. The lowest BCUT2D eigenvalue weighted by Gasteiger charge is -2.24. The van der Waals surface area contributed by atoms with Crippen LogP contribution in [0.15, 0.2) is 12.1 Å². The average Bonchev–Trinajstić information content (AvgIpc) is 2.28. The predicted octanol–water partition coefficient (Wildman–Crippen LogP) is 4.28. The Kier molecular flexibility index (Phi) is 4.85.